The van der Waals surface area contributed by atoms with E-state index in [1.54, 1.807) is 20.8 Å². The minimum atomic E-state index is -3.58. The Morgan fingerprint density at radius 2 is 1.83 bits per heavy atom. The Morgan fingerprint density at radius 1 is 1.28 bits per heavy atom. The molecule has 1 aromatic carbocycles. The van der Waals surface area contributed by atoms with Crippen molar-refractivity contribution in [3.63, 3.8) is 0 Å². The number of carbonyl (C=O) groups excluding carboxylic acids is 1. The monoisotopic (exact) mass is 289 g/mol. The Balaban J connectivity index is 3.40. The highest BCUT2D eigenvalue weighted by Gasteiger charge is 2.26. The van der Waals surface area contributed by atoms with Crippen LogP contribution in [0.1, 0.15) is 31.1 Å². The Bertz CT molecular complexity index is 573. The second-order valence-electron chi connectivity index (χ2n) is 4.93. The zero-order valence-electron chi connectivity index (χ0n) is 10.7. The van der Waals surface area contributed by atoms with Gasteiger partial charge in [-0.3, -0.25) is 4.79 Å². The Labute approximate surface area is 112 Å². The summed E-state index contributed by atoms with van der Waals surface area (Å²) in [6.07, 6.45) is 0. The first kappa shape index (κ1) is 15.1. The Morgan fingerprint density at radius 3 is 2.28 bits per heavy atom. The van der Waals surface area contributed by atoms with Gasteiger partial charge in [0, 0.05) is 11.0 Å². The van der Waals surface area contributed by atoms with E-state index >= 15 is 0 Å². The minimum absolute atomic E-state index is 0.0296. The summed E-state index contributed by atoms with van der Waals surface area (Å²) in [7, 11) is -2.26. The second kappa shape index (κ2) is 4.99. The van der Waals surface area contributed by atoms with Crippen LogP contribution in [0.5, 0.6) is 0 Å². The standard InChI is InChI=1S/C12H16ClNO3S/c1-12(2,3)11(15)9-7-8(5-6-10(9)13)18(16,17)14-4/h5-7,14H,1-4H3. The van der Waals surface area contributed by atoms with Gasteiger partial charge in [-0.05, 0) is 25.2 Å². The SMILES string of the molecule is CNS(=O)(=O)c1ccc(Cl)c(C(=O)C(C)(C)C)c1. The van der Waals surface area contributed by atoms with Crippen LogP contribution in [0.15, 0.2) is 23.1 Å². The summed E-state index contributed by atoms with van der Waals surface area (Å²) in [6.45, 7) is 5.26. The van der Waals surface area contributed by atoms with E-state index in [2.05, 4.69) is 4.72 Å². The molecule has 0 saturated carbocycles. The highest BCUT2D eigenvalue weighted by molar-refractivity contribution is 7.89. The minimum Gasteiger partial charge on any atom is -0.294 e. The van der Waals surface area contributed by atoms with Gasteiger partial charge in [-0.2, -0.15) is 0 Å². The van der Waals surface area contributed by atoms with E-state index in [0.717, 1.165) is 0 Å². The molecule has 0 unspecified atom stereocenters. The molecular weight excluding hydrogens is 274 g/mol. The van der Waals surface area contributed by atoms with Crippen LogP contribution in [-0.4, -0.2) is 21.2 Å². The summed E-state index contributed by atoms with van der Waals surface area (Å²) < 4.78 is 25.5. The van der Waals surface area contributed by atoms with Crippen LogP contribution in [0.4, 0.5) is 0 Å². The topological polar surface area (TPSA) is 63.2 Å². The fraction of sp³-hybridized carbons (Fsp3) is 0.417. The first-order valence-electron chi connectivity index (χ1n) is 5.37. The summed E-state index contributed by atoms with van der Waals surface area (Å²) >= 11 is 5.95. The van der Waals surface area contributed by atoms with Crippen LogP contribution >= 0.6 is 11.6 Å². The third-order valence-electron chi connectivity index (χ3n) is 2.44. The van der Waals surface area contributed by atoms with Gasteiger partial charge in [-0.15, -0.1) is 0 Å². The fourth-order valence-electron chi connectivity index (χ4n) is 1.37. The predicted molar refractivity (Wildman–Crippen MR) is 71.5 cm³/mol. The molecule has 1 N–H and O–H groups in total. The molecule has 0 heterocycles. The van der Waals surface area contributed by atoms with Crippen molar-refractivity contribution in [2.45, 2.75) is 25.7 Å². The van der Waals surface area contributed by atoms with Gasteiger partial charge in [0.25, 0.3) is 0 Å². The molecular formula is C12H16ClNO3S. The number of benzene rings is 1. The van der Waals surface area contributed by atoms with Gasteiger partial charge in [0.05, 0.1) is 9.92 Å². The van der Waals surface area contributed by atoms with E-state index in [1.807, 2.05) is 0 Å². The van der Waals surface area contributed by atoms with Crippen molar-refractivity contribution in [3.05, 3.63) is 28.8 Å². The maximum Gasteiger partial charge on any atom is 0.240 e. The first-order valence-corrected chi connectivity index (χ1v) is 7.23. The number of nitrogens with one attached hydrogen (secondary N) is 1. The van der Waals surface area contributed by atoms with Gasteiger partial charge in [-0.25, -0.2) is 13.1 Å². The number of hydrogen-bond acceptors (Lipinski definition) is 3. The van der Waals surface area contributed by atoms with Crippen molar-refractivity contribution in [1.82, 2.24) is 4.72 Å². The van der Waals surface area contributed by atoms with Crippen LogP contribution in [0, 0.1) is 5.41 Å². The number of ketones is 1. The van der Waals surface area contributed by atoms with E-state index in [4.69, 9.17) is 11.6 Å². The molecule has 0 aliphatic heterocycles. The van der Waals surface area contributed by atoms with Gasteiger partial charge in [-0.1, -0.05) is 32.4 Å². The number of carbonyl (C=O) groups is 1. The largest absolute Gasteiger partial charge is 0.294 e. The van der Waals surface area contributed by atoms with Gasteiger partial charge < -0.3 is 0 Å². The van der Waals surface area contributed by atoms with Crippen LogP contribution in [0.25, 0.3) is 0 Å². The fourth-order valence-corrected chi connectivity index (χ4v) is 2.33. The van der Waals surface area contributed by atoms with Crippen molar-refractivity contribution in [1.29, 1.82) is 0 Å². The van der Waals surface area contributed by atoms with E-state index in [1.165, 1.54) is 25.2 Å². The molecule has 4 nitrogen and oxygen atoms in total. The first-order chi connectivity index (χ1) is 8.09. The predicted octanol–water partition coefficient (Wildman–Crippen LogP) is 2.48. The highest BCUT2D eigenvalue weighted by Crippen LogP contribution is 2.27. The Kier molecular flexibility index (Phi) is 4.20. The average Bonchev–Trinajstić information content (AvgIpc) is 2.27. The number of hydrogen-bond donors (Lipinski definition) is 1. The van der Waals surface area contributed by atoms with Gasteiger partial charge in [0.2, 0.25) is 10.0 Å². The molecule has 0 fully saturated rings. The van der Waals surface area contributed by atoms with E-state index < -0.39 is 15.4 Å². The molecule has 6 heteroatoms. The molecule has 0 aliphatic carbocycles. The van der Waals surface area contributed by atoms with Gasteiger partial charge >= 0.3 is 0 Å². The van der Waals surface area contributed by atoms with Crippen molar-refractivity contribution < 1.29 is 13.2 Å². The average molecular weight is 290 g/mol. The Hall–Kier alpha value is -0.910. The maximum atomic E-state index is 12.2. The molecule has 0 atom stereocenters. The normalized spacial score (nSPS) is 12.5. The molecule has 18 heavy (non-hydrogen) atoms. The molecule has 0 radical (unpaired) electrons. The van der Waals surface area contributed by atoms with Crippen LogP contribution in [0.3, 0.4) is 0 Å². The maximum absolute atomic E-state index is 12.2. The summed E-state index contributed by atoms with van der Waals surface area (Å²) in [5, 5.41) is 0.255. The molecule has 0 spiro atoms. The van der Waals surface area contributed by atoms with Crippen molar-refractivity contribution in [2.24, 2.45) is 5.41 Å². The molecule has 0 aliphatic rings. The number of sulfonamides is 1. The molecule has 0 amide bonds. The van der Waals surface area contributed by atoms with Crippen molar-refractivity contribution >= 4 is 27.4 Å². The smallest absolute Gasteiger partial charge is 0.240 e. The summed E-state index contributed by atoms with van der Waals surface area (Å²) in [6, 6.07) is 4.10. The van der Waals surface area contributed by atoms with Gasteiger partial charge in [0.15, 0.2) is 5.78 Å². The van der Waals surface area contributed by atoms with Crippen LogP contribution in [-0.2, 0) is 10.0 Å². The third kappa shape index (κ3) is 3.10. The second-order valence-corrected chi connectivity index (χ2v) is 7.22. The number of rotatable bonds is 3. The lowest BCUT2D eigenvalue weighted by atomic mass is 9.86. The molecule has 0 bridgehead atoms. The van der Waals surface area contributed by atoms with E-state index in [9.17, 15) is 13.2 Å². The van der Waals surface area contributed by atoms with Crippen molar-refractivity contribution in [2.75, 3.05) is 7.05 Å². The lowest BCUT2D eigenvalue weighted by molar-refractivity contribution is 0.0858. The molecule has 1 aromatic rings. The molecule has 0 aromatic heterocycles. The summed E-state index contributed by atoms with van der Waals surface area (Å²) in [4.78, 5) is 12.2. The zero-order chi connectivity index (χ0) is 14.1. The van der Waals surface area contributed by atoms with E-state index in [0.29, 0.717) is 0 Å². The van der Waals surface area contributed by atoms with Crippen LogP contribution in [0.2, 0.25) is 5.02 Å². The molecule has 0 saturated heterocycles. The third-order valence-corrected chi connectivity index (χ3v) is 4.18. The number of Topliss-reactive ketones (excluding diaryl/α,β-unsaturated/α-hetero) is 1. The highest BCUT2D eigenvalue weighted by atomic mass is 35.5. The molecule has 100 valence electrons. The van der Waals surface area contributed by atoms with Crippen LogP contribution < -0.4 is 4.72 Å². The van der Waals surface area contributed by atoms with E-state index in [-0.39, 0.29) is 21.3 Å². The van der Waals surface area contributed by atoms with Crippen molar-refractivity contribution in [3.8, 4) is 0 Å². The quantitative estimate of drug-likeness (QED) is 0.870. The molecule has 1 rings (SSSR count). The summed E-state index contributed by atoms with van der Waals surface area (Å²) in [5.41, 5.74) is -0.397. The number of halogens is 1. The lowest BCUT2D eigenvalue weighted by Crippen LogP contribution is -2.22. The zero-order valence-corrected chi connectivity index (χ0v) is 12.3. The summed E-state index contributed by atoms with van der Waals surface area (Å²) in [5.74, 6) is -0.194. The van der Waals surface area contributed by atoms with Gasteiger partial charge in [0.1, 0.15) is 0 Å². The lowest BCUT2D eigenvalue weighted by Gasteiger charge is -2.18.